The van der Waals surface area contributed by atoms with Gasteiger partial charge in [-0.15, -0.1) is 6.58 Å². The molecule has 0 aliphatic carbocycles. The van der Waals surface area contributed by atoms with Gasteiger partial charge in [0, 0.05) is 31.3 Å². The summed E-state index contributed by atoms with van der Waals surface area (Å²) in [5.41, 5.74) is 1.12. The Labute approximate surface area is 202 Å². The summed E-state index contributed by atoms with van der Waals surface area (Å²) in [5.74, 6) is 0.319. The second kappa shape index (κ2) is 10.7. The number of nitro benzene ring substituents is 1. The van der Waals surface area contributed by atoms with Gasteiger partial charge < -0.3 is 4.52 Å². The average Bonchev–Trinajstić information content (AvgIpc) is 3.40. The summed E-state index contributed by atoms with van der Waals surface area (Å²) in [6.07, 6.45) is 4.27. The van der Waals surface area contributed by atoms with Gasteiger partial charge in [0.2, 0.25) is 6.39 Å². The fraction of sp³-hybridized carbons (Fsp3) is 0.217. The summed E-state index contributed by atoms with van der Waals surface area (Å²) in [7, 11) is -4.45. The van der Waals surface area contributed by atoms with Crippen molar-refractivity contribution in [3.05, 3.63) is 101 Å². The Kier molecular flexibility index (Phi) is 7.46. The molecule has 2 heterocycles. The monoisotopic (exact) mass is 497 g/mol. The lowest BCUT2D eigenvalue weighted by Gasteiger charge is -2.36. The van der Waals surface area contributed by atoms with Crippen molar-refractivity contribution in [1.82, 2.24) is 19.5 Å². The summed E-state index contributed by atoms with van der Waals surface area (Å²) in [5, 5.41) is 15.5. The maximum Gasteiger partial charge on any atom is 0.289 e. The van der Waals surface area contributed by atoms with Crippen molar-refractivity contribution < 1.29 is 22.7 Å². The van der Waals surface area contributed by atoms with Crippen molar-refractivity contribution in [1.29, 1.82) is 0 Å². The van der Waals surface area contributed by atoms with Gasteiger partial charge in [0.15, 0.2) is 10.7 Å². The number of hydroxylamine groups is 1. The van der Waals surface area contributed by atoms with Crippen LogP contribution in [0.2, 0.25) is 0 Å². The standard InChI is InChI=1S/C23H23N5O6S/c1-2-12-34-28(35(31,32)22-11-7-6-10-21(22)27(29)30)20-13-19(23-24-17-33-25-23)15-26(16-20)14-18-8-4-3-5-9-18/h2-11,13,17,20H,1,12,14-16H2. The molecular formula is C23H23N5O6S. The lowest BCUT2D eigenvalue weighted by molar-refractivity contribution is -0.387. The molecule has 1 aromatic heterocycles. The SMILES string of the molecule is C=CCON(C1C=C(c2ncon2)CN(Cc2ccccc2)C1)S(=O)(=O)c1ccccc1[N+](=O)[O-]. The predicted octanol–water partition coefficient (Wildman–Crippen LogP) is 3.05. The maximum atomic E-state index is 13.7. The van der Waals surface area contributed by atoms with Gasteiger partial charge in [-0.3, -0.25) is 19.9 Å². The Morgan fingerprint density at radius 2 is 1.97 bits per heavy atom. The van der Waals surface area contributed by atoms with E-state index in [1.165, 1.54) is 30.7 Å². The van der Waals surface area contributed by atoms with E-state index in [4.69, 9.17) is 9.36 Å². The summed E-state index contributed by atoms with van der Waals surface area (Å²) in [6.45, 7) is 4.68. The highest BCUT2D eigenvalue weighted by Crippen LogP contribution is 2.31. The highest BCUT2D eigenvalue weighted by molar-refractivity contribution is 7.89. The van der Waals surface area contributed by atoms with Gasteiger partial charge in [-0.05, 0) is 11.6 Å². The van der Waals surface area contributed by atoms with Crippen LogP contribution in [0.3, 0.4) is 0 Å². The van der Waals surface area contributed by atoms with Crippen molar-refractivity contribution >= 4 is 21.3 Å². The molecule has 3 aromatic rings. The van der Waals surface area contributed by atoms with Gasteiger partial charge in [0.05, 0.1) is 17.6 Å². The van der Waals surface area contributed by atoms with Gasteiger partial charge >= 0.3 is 0 Å². The van der Waals surface area contributed by atoms with Crippen molar-refractivity contribution in [3.8, 4) is 0 Å². The molecule has 4 rings (SSSR count). The Morgan fingerprint density at radius 1 is 1.23 bits per heavy atom. The van der Waals surface area contributed by atoms with Crippen LogP contribution in [0.5, 0.6) is 0 Å². The summed E-state index contributed by atoms with van der Waals surface area (Å²) >= 11 is 0. The first-order valence-electron chi connectivity index (χ1n) is 10.7. The second-order valence-corrected chi connectivity index (χ2v) is 9.49. The minimum atomic E-state index is -4.45. The molecule has 2 aromatic carbocycles. The van der Waals surface area contributed by atoms with E-state index < -0.39 is 31.6 Å². The smallest absolute Gasteiger partial charge is 0.289 e. The van der Waals surface area contributed by atoms with E-state index in [9.17, 15) is 18.5 Å². The molecule has 0 bridgehead atoms. The number of aromatic nitrogens is 2. The third-order valence-electron chi connectivity index (χ3n) is 5.30. The number of nitro groups is 1. The highest BCUT2D eigenvalue weighted by atomic mass is 32.2. The number of sulfonamides is 1. The van der Waals surface area contributed by atoms with E-state index >= 15 is 0 Å². The molecule has 11 nitrogen and oxygen atoms in total. The van der Waals surface area contributed by atoms with E-state index in [1.54, 1.807) is 6.08 Å². The highest BCUT2D eigenvalue weighted by Gasteiger charge is 2.39. The molecule has 0 fully saturated rings. The molecule has 0 radical (unpaired) electrons. The van der Waals surface area contributed by atoms with Crippen molar-refractivity contribution in [3.63, 3.8) is 0 Å². The van der Waals surface area contributed by atoms with Crippen LogP contribution in [0, 0.1) is 10.1 Å². The van der Waals surface area contributed by atoms with E-state index in [-0.39, 0.29) is 13.2 Å². The lowest BCUT2D eigenvalue weighted by Crippen LogP contribution is -2.48. The molecule has 12 heteroatoms. The molecule has 0 amide bonds. The zero-order chi connectivity index (χ0) is 24.8. The van der Waals surface area contributed by atoms with Crippen molar-refractivity contribution in [2.45, 2.75) is 17.5 Å². The fourth-order valence-corrected chi connectivity index (χ4v) is 5.38. The quantitative estimate of drug-likeness (QED) is 0.235. The van der Waals surface area contributed by atoms with Crippen LogP contribution < -0.4 is 0 Å². The van der Waals surface area contributed by atoms with Crippen LogP contribution in [0.4, 0.5) is 5.69 Å². The van der Waals surface area contributed by atoms with E-state index in [0.29, 0.717) is 24.5 Å². The normalized spacial score (nSPS) is 16.7. The molecule has 0 spiro atoms. The molecule has 0 N–H and O–H groups in total. The van der Waals surface area contributed by atoms with E-state index in [2.05, 4.69) is 16.7 Å². The minimum Gasteiger partial charge on any atom is -0.342 e. The molecule has 1 unspecified atom stereocenters. The molecule has 1 aliphatic heterocycles. The van der Waals surface area contributed by atoms with Crippen LogP contribution >= 0.6 is 0 Å². The number of nitrogens with zero attached hydrogens (tertiary/aromatic N) is 5. The molecule has 1 atom stereocenters. The number of hydrogen-bond acceptors (Lipinski definition) is 9. The summed E-state index contributed by atoms with van der Waals surface area (Å²) in [6, 6.07) is 14.0. The zero-order valence-corrected chi connectivity index (χ0v) is 19.5. The van der Waals surface area contributed by atoms with Crippen LogP contribution in [0.25, 0.3) is 5.57 Å². The third kappa shape index (κ3) is 5.52. The number of rotatable bonds is 10. The first-order valence-corrected chi connectivity index (χ1v) is 12.1. The van der Waals surface area contributed by atoms with Crippen molar-refractivity contribution in [2.75, 3.05) is 19.7 Å². The van der Waals surface area contributed by atoms with Gasteiger partial charge in [-0.1, -0.05) is 64.2 Å². The minimum absolute atomic E-state index is 0.125. The molecule has 182 valence electrons. The Balaban J connectivity index is 1.75. The number of para-hydroxylation sites is 1. The first kappa shape index (κ1) is 24.4. The van der Waals surface area contributed by atoms with Gasteiger partial charge in [0.25, 0.3) is 15.7 Å². The van der Waals surface area contributed by atoms with E-state index in [1.807, 2.05) is 35.2 Å². The maximum absolute atomic E-state index is 13.7. The van der Waals surface area contributed by atoms with Crippen molar-refractivity contribution in [2.24, 2.45) is 0 Å². The Morgan fingerprint density at radius 3 is 2.66 bits per heavy atom. The summed E-state index contributed by atoms with van der Waals surface area (Å²) in [4.78, 5) is 22.1. The second-order valence-electron chi connectivity index (χ2n) is 7.74. The molecule has 1 aliphatic rings. The van der Waals surface area contributed by atoms with E-state index in [0.717, 1.165) is 16.1 Å². The first-order chi connectivity index (χ1) is 16.9. The average molecular weight is 498 g/mol. The molecule has 35 heavy (non-hydrogen) atoms. The molecule has 0 saturated carbocycles. The van der Waals surface area contributed by atoms with Crippen LogP contribution in [0.1, 0.15) is 11.4 Å². The summed E-state index contributed by atoms with van der Waals surface area (Å²) < 4.78 is 33.1. The Bertz CT molecular complexity index is 1310. The fourth-order valence-electron chi connectivity index (χ4n) is 3.85. The van der Waals surface area contributed by atoms with Gasteiger partial charge in [-0.25, -0.2) is 8.42 Å². The largest absolute Gasteiger partial charge is 0.342 e. The zero-order valence-electron chi connectivity index (χ0n) is 18.6. The van der Waals surface area contributed by atoms with Gasteiger partial charge in [0.1, 0.15) is 0 Å². The lowest BCUT2D eigenvalue weighted by atomic mass is 10.0. The van der Waals surface area contributed by atoms with Crippen LogP contribution in [-0.2, 0) is 21.4 Å². The van der Waals surface area contributed by atoms with Crippen LogP contribution in [-0.4, -0.2) is 58.6 Å². The number of hydrogen-bond donors (Lipinski definition) is 0. The predicted molar refractivity (Wildman–Crippen MR) is 126 cm³/mol. The third-order valence-corrected chi connectivity index (χ3v) is 7.05. The van der Waals surface area contributed by atoms with Crippen LogP contribution in [0.15, 0.2) is 89.1 Å². The molecular weight excluding hydrogens is 474 g/mol. The van der Waals surface area contributed by atoms with Gasteiger partial charge in [-0.2, -0.15) is 4.98 Å². The Hall–Kier alpha value is -3.71. The molecule has 0 saturated heterocycles. The number of benzene rings is 2. The topological polar surface area (TPSA) is 132 Å².